The van der Waals surface area contributed by atoms with E-state index in [2.05, 4.69) is 34.6 Å². The van der Waals surface area contributed by atoms with Gasteiger partial charge in [-0.15, -0.1) is 0 Å². The summed E-state index contributed by atoms with van der Waals surface area (Å²) in [5.41, 5.74) is 2.33. The van der Waals surface area contributed by atoms with Gasteiger partial charge in [-0.25, -0.2) is 0 Å². The topological polar surface area (TPSA) is 45.1 Å². The van der Waals surface area contributed by atoms with Crippen molar-refractivity contribution in [3.05, 3.63) is 42.1 Å². The average molecular weight is 244 g/mol. The molecule has 0 unspecified atom stereocenters. The molecule has 0 saturated heterocycles. The SMILES string of the molecule is OCCCCCNCc1cccc2cccnc12. The van der Waals surface area contributed by atoms with Gasteiger partial charge >= 0.3 is 0 Å². The van der Waals surface area contributed by atoms with E-state index < -0.39 is 0 Å². The molecule has 0 amide bonds. The molecular formula is C15H20N2O. The summed E-state index contributed by atoms with van der Waals surface area (Å²) in [6.07, 6.45) is 4.93. The van der Waals surface area contributed by atoms with Gasteiger partial charge in [-0.2, -0.15) is 0 Å². The van der Waals surface area contributed by atoms with Gasteiger partial charge in [-0.05, 0) is 37.4 Å². The summed E-state index contributed by atoms with van der Waals surface area (Å²) in [5.74, 6) is 0. The van der Waals surface area contributed by atoms with Crippen LogP contribution >= 0.6 is 0 Å². The van der Waals surface area contributed by atoms with Crippen LogP contribution in [0.4, 0.5) is 0 Å². The van der Waals surface area contributed by atoms with Gasteiger partial charge in [0.2, 0.25) is 0 Å². The molecule has 0 spiro atoms. The predicted octanol–water partition coefficient (Wildman–Crippen LogP) is 2.49. The molecule has 2 aromatic rings. The Morgan fingerprint density at radius 1 is 1.06 bits per heavy atom. The number of hydrogen-bond donors (Lipinski definition) is 2. The van der Waals surface area contributed by atoms with Gasteiger partial charge in [-0.1, -0.05) is 24.3 Å². The number of benzene rings is 1. The third-order valence-electron chi connectivity index (χ3n) is 3.04. The zero-order valence-electron chi connectivity index (χ0n) is 10.6. The number of aliphatic hydroxyl groups excluding tert-OH is 1. The third-order valence-corrected chi connectivity index (χ3v) is 3.04. The lowest BCUT2D eigenvalue weighted by molar-refractivity contribution is 0.283. The van der Waals surface area contributed by atoms with E-state index in [0.717, 1.165) is 37.9 Å². The average Bonchev–Trinajstić information content (AvgIpc) is 2.43. The summed E-state index contributed by atoms with van der Waals surface area (Å²) in [4.78, 5) is 4.44. The summed E-state index contributed by atoms with van der Waals surface area (Å²) in [6.45, 7) is 2.14. The molecular weight excluding hydrogens is 224 g/mol. The Bertz CT molecular complexity index is 479. The zero-order valence-corrected chi connectivity index (χ0v) is 10.6. The number of unbranched alkanes of at least 4 members (excludes halogenated alkanes) is 2. The summed E-state index contributed by atoms with van der Waals surface area (Å²) in [5, 5.41) is 13.3. The molecule has 3 nitrogen and oxygen atoms in total. The highest BCUT2D eigenvalue weighted by Gasteiger charge is 2.00. The molecule has 0 aliphatic carbocycles. The quantitative estimate of drug-likeness (QED) is 0.735. The predicted molar refractivity (Wildman–Crippen MR) is 74.4 cm³/mol. The zero-order chi connectivity index (χ0) is 12.6. The van der Waals surface area contributed by atoms with Gasteiger partial charge in [0, 0.05) is 24.7 Å². The highest BCUT2D eigenvalue weighted by Crippen LogP contribution is 2.15. The molecule has 1 heterocycles. The molecule has 0 fully saturated rings. The van der Waals surface area contributed by atoms with Crippen molar-refractivity contribution in [2.45, 2.75) is 25.8 Å². The fourth-order valence-corrected chi connectivity index (χ4v) is 2.07. The summed E-state index contributed by atoms with van der Waals surface area (Å²) in [6, 6.07) is 10.3. The highest BCUT2D eigenvalue weighted by molar-refractivity contribution is 5.81. The van der Waals surface area contributed by atoms with Crippen molar-refractivity contribution < 1.29 is 5.11 Å². The van der Waals surface area contributed by atoms with Crippen molar-refractivity contribution >= 4 is 10.9 Å². The number of aliphatic hydroxyl groups is 1. The molecule has 2 rings (SSSR count). The van der Waals surface area contributed by atoms with Crippen LogP contribution in [0.1, 0.15) is 24.8 Å². The van der Waals surface area contributed by atoms with E-state index in [9.17, 15) is 0 Å². The van der Waals surface area contributed by atoms with Crippen LogP contribution in [0.3, 0.4) is 0 Å². The number of rotatable bonds is 7. The molecule has 3 heteroatoms. The molecule has 18 heavy (non-hydrogen) atoms. The molecule has 0 radical (unpaired) electrons. The first-order chi connectivity index (χ1) is 8.92. The third kappa shape index (κ3) is 3.52. The van der Waals surface area contributed by atoms with Crippen LogP contribution in [0.2, 0.25) is 0 Å². The largest absolute Gasteiger partial charge is 0.396 e. The van der Waals surface area contributed by atoms with Gasteiger partial charge in [0.15, 0.2) is 0 Å². The van der Waals surface area contributed by atoms with Gasteiger partial charge in [0.1, 0.15) is 0 Å². The summed E-state index contributed by atoms with van der Waals surface area (Å²) in [7, 11) is 0. The van der Waals surface area contributed by atoms with Crippen LogP contribution in [0.25, 0.3) is 10.9 Å². The minimum atomic E-state index is 0.299. The monoisotopic (exact) mass is 244 g/mol. The second-order valence-electron chi connectivity index (χ2n) is 4.45. The fourth-order valence-electron chi connectivity index (χ4n) is 2.07. The molecule has 0 atom stereocenters. The van der Waals surface area contributed by atoms with Crippen molar-refractivity contribution in [1.29, 1.82) is 0 Å². The standard InChI is InChI=1S/C15H20N2O/c18-11-3-1-2-9-16-12-14-7-4-6-13-8-5-10-17-15(13)14/h4-8,10,16,18H,1-3,9,11-12H2. The van der Waals surface area contributed by atoms with E-state index >= 15 is 0 Å². The van der Waals surface area contributed by atoms with Crippen molar-refractivity contribution in [2.75, 3.05) is 13.2 Å². The van der Waals surface area contributed by atoms with Gasteiger partial charge in [0.05, 0.1) is 5.52 Å². The molecule has 0 aliphatic heterocycles. The Balaban J connectivity index is 1.88. The first kappa shape index (κ1) is 13.0. The van der Waals surface area contributed by atoms with Gasteiger partial charge < -0.3 is 10.4 Å². The Hall–Kier alpha value is -1.45. The highest BCUT2D eigenvalue weighted by atomic mass is 16.2. The maximum Gasteiger partial charge on any atom is 0.0746 e. The molecule has 0 bridgehead atoms. The van der Waals surface area contributed by atoms with Gasteiger partial charge in [-0.3, -0.25) is 4.98 Å². The van der Waals surface area contributed by atoms with Crippen LogP contribution in [-0.2, 0) is 6.54 Å². The summed E-state index contributed by atoms with van der Waals surface area (Å²) >= 11 is 0. The second kappa shape index (κ2) is 7.09. The Morgan fingerprint density at radius 2 is 1.94 bits per heavy atom. The van der Waals surface area contributed by atoms with Crippen molar-refractivity contribution in [2.24, 2.45) is 0 Å². The molecule has 96 valence electrons. The van der Waals surface area contributed by atoms with E-state index in [4.69, 9.17) is 5.11 Å². The normalized spacial score (nSPS) is 10.9. The van der Waals surface area contributed by atoms with Crippen LogP contribution in [0.5, 0.6) is 0 Å². The molecule has 1 aromatic heterocycles. The van der Waals surface area contributed by atoms with E-state index in [-0.39, 0.29) is 0 Å². The molecule has 1 aromatic carbocycles. The van der Waals surface area contributed by atoms with Crippen molar-refractivity contribution in [3.8, 4) is 0 Å². The van der Waals surface area contributed by atoms with E-state index in [1.54, 1.807) is 0 Å². The minimum Gasteiger partial charge on any atom is -0.396 e. The van der Waals surface area contributed by atoms with Crippen molar-refractivity contribution in [3.63, 3.8) is 0 Å². The Labute approximate surface area is 108 Å². The minimum absolute atomic E-state index is 0.299. The number of pyridine rings is 1. The lowest BCUT2D eigenvalue weighted by atomic mass is 10.1. The maximum atomic E-state index is 8.69. The van der Waals surface area contributed by atoms with Crippen LogP contribution in [0, 0.1) is 0 Å². The van der Waals surface area contributed by atoms with E-state index in [0.29, 0.717) is 6.61 Å². The number of aromatic nitrogens is 1. The fraction of sp³-hybridized carbons (Fsp3) is 0.400. The molecule has 0 aliphatic rings. The Morgan fingerprint density at radius 3 is 2.83 bits per heavy atom. The van der Waals surface area contributed by atoms with Gasteiger partial charge in [0.25, 0.3) is 0 Å². The molecule has 2 N–H and O–H groups in total. The summed E-state index contributed by atoms with van der Waals surface area (Å²) < 4.78 is 0. The lowest BCUT2D eigenvalue weighted by Crippen LogP contribution is -2.15. The first-order valence-corrected chi connectivity index (χ1v) is 6.56. The van der Waals surface area contributed by atoms with Crippen LogP contribution in [-0.4, -0.2) is 23.2 Å². The van der Waals surface area contributed by atoms with E-state index in [1.807, 2.05) is 12.3 Å². The van der Waals surface area contributed by atoms with E-state index in [1.165, 1.54) is 10.9 Å². The first-order valence-electron chi connectivity index (χ1n) is 6.56. The second-order valence-corrected chi connectivity index (χ2v) is 4.45. The maximum absolute atomic E-state index is 8.69. The number of nitrogens with one attached hydrogen (secondary N) is 1. The Kier molecular flexibility index (Phi) is 5.12. The smallest absolute Gasteiger partial charge is 0.0746 e. The van der Waals surface area contributed by atoms with Crippen molar-refractivity contribution in [1.82, 2.24) is 10.3 Å². The molecule has 0 saturated carbocycles. The number of nitrogens with zero attached hydrogens (tertiary/aromatic N) is 1. The lowest BCUT2D eigenvalue weighted by Gasteiger charge is -2.07. The van der Waals surface area contributed by atoms with Crippen LogP contribution in [0.15, 0.2) is 36.5 Å². The van der Waals surface area contributed by atoms with Crippen LogP contribution < -0.4 is 5.32 Å². The number of fused-ring (bicyclic) bond motifs is 1. The number of para-hydroxylation sites is 1. The number of hydrogen-bond acceptors (Lipinski definition) is 3.